The molecule has 0 aromatic heterocycles. The molecule has 1 saturated heterocycles. The van der Waals surface area contributed by atoms with Crippen LogP contribution in [0.3, 0.4) is 0 Å². The first-order valence-corrected chi connectivity index (χ1v) is 5.41. The summed E-state index contributed by atoms with van der Waals surface area (Å²) in [4.78, 5) is 2.24. The molecule has 3 atom stereocenters. The van der Waals surface area contributed by atoms with Crippen molar-refractivity contribution in [1.82, 2.24) is 4.90 Å². The highest BCUT2D eigenvalue weighted by Crippen LogP contribution is 2.25. The maximum atomic E-state index is 9.60. The molecule has 0 aromatic rings. The number of hydrogen-bond donors (Lipinski definition) is 2. The van der Waals surface area contributed by atoms with Crippen LogP contribution in [0.25, 0.3) is 0 Å². The van der Waals surface area contributed by atoms with Crippen LogP contribution in [0.15, 0.2) is 0 Å². The van der Waals surface area contributed by atoms with Crippen LogP contribution in [0.5, 0.6) is 0 Å². The van der Waals surface area contributed by atoms with Crippen LogP contribution in [0.4, 0.5) is 0 Å². The third-order valence-electron chi connectivity index (χ3n) is 3.41. The highest BCUT2D eigenvalue weighted by Gasteiger charge is 2.33. The summed E-state index contributed by atoms with van der Waals surface area (Å²) in [6.07, 6.45) is -0.504. The molecule has 0 bridgehead atoms. The molecule has 84 valence electrons. The second-order valence-electron chi connectivity index (χ2n) is 5.40. The molecule has 3 nitrogen and oxygen atoms in total. The topological polar surface area (TPSA) is 43.7 Å². The van der Waals surface area contributed by atoms with Crippen LogP contribution < -0.4 is 0 Å². The second-order valence-corrected chi connectivity index (χ2v) is 5.40. The second kappa shape index (κ2) is 4.17. The fourth-order valence-electron chi connectivity index (χ4n) is 1.89. The molecule has 0 saturated carbocycles. The van der Waals surface area contributed by atoms with Gasteiger partial charge in [-0.05, 0) is 12.8 Å². The Hall–Kier alpha value is -0.120. The Kier molecular flexibility index (Phi) is 3.56. The molecule has 3 heteroatoms. The molecule has 0 aliphatic carbocycles. The summed E-state index contributed by atoms with van der Waals surface area (Å²) in [6.45, 7) is 10.6. The number of nitrogens with zero attached hydrogens (tertiary/aromatic N) is 1. The van der Waals surface area contributed by atoms with E-state index in [4.69, 9.17) is 0 Å². The van der Waals surface area contributed by atoms with E-state index in [-0.39, 0.29) is 17.6 Å². The largest absolute Gasteiger partial charge is 0.393 e. The van der Waals surface area contributed by atoms with Crippen molar-refractivity contribution < 1.29 is 10.2 Å². The summed E-state index contributed by atoms with van der Waals surface area (Å²) in [5, 5.41) is 19.2. The van der Waals surface area contributed by atoms with Gasteiger partial charge in [-0.2, -0.15) is 0 Å². The van der Waals surface area contributed by atoms with E-state index in [0.29, 0.717) is 5.92 Å². The van der Waals surface area contributed by atoms with Gasteiger partial charge in [-0.15, -0.1) is 0 Å². The third-order valence-corrected chi connectivity index (χ3v) is 3.41. The number of β-amino-alcohol motifs (C(OH)–C–C–N with tert-alkyl or cyclic N) is 1. The molecule has 1 aliphatic rings. The molecule has 1 rings (SSSR count). The van der Waals surface area contributed by atoms with Crippen LogP contribution in [0.2, 0.25) is 0 Å². The lowest BCUT2D eigenvalue weighted by Crippen LogP contribution is -2.39. The van der Waals surface area contributed by atoms with Gasteiger partial charge in [0, 0.05) is 25.0 Å². The highest BCUT2D eigenvalue weighted by atomic mass is 16.3. The first kappa shape index (κ1) is 12.0. The predicted molar refractivity (Wildman–Crippen MR) is 57.1 cm³/mol. The third kappa shape index (κ3) is 2.69. The van der Waals surface area contributed by atoms with Gasteiger partial charge in [-0.1, -0.05) is 20.8 Å². The molecular formula is C11H23NO2. The number of rotatable bonds is 3. The van der Waals surface area contributed by atoms with Crippen molar-refractivity contribution in [3.8, 4) is 0 Å². The van der Waals surface area contributed by atoms with Crippen molar-refractivity contribution in [3.05, 3.63) is 0 Å². The standard InChI is InChI=1S/C11H23NO2/c1-8-5-12(6-10(8)14)7-11(3,4)9(2)13/h8-10,13-14H,5-7H2,1-4H3. The summed E-state index contributed by atoms with van der Waals surface area (Å²) >= 11 is 0. The molecule has 1 heterocycles. The Morgan fingerprint density at radius 1 is 1.43 bits per heavy atom. The van der Waals surface area contributed by atoms with E-state index in [1.54, 1.807) is 0 Å². The minimum Gasteiger partial charge on any atom is -0.393 e. The van der Waals surface area contributed by atoms with Crippen molar-refractivity contribution in [2.24, 2.45) is 11.3 Å². The van der Waals surface area contributed by atoms with Gasteiger partial charge in [0.05, 0.1) is 12.2 Å². The summed E-state index contributed by atoms with van der Waals surface area (Å²) < 4.78 is 0. The molecule has 14 heavy (non-hydrogen) atoms. The highest BCUT2D eigenvalue weighted by molar-refractivity contribution is 4.86. The van der Waals surface area contributed by atoms with Crippen molar-refractivity contribution in [3.63, 3.8) is 0 Å². The summed E-state index contributed by atoms with van der Waals surface area (Å²) in [7, 11) is 0. The minimum atomic E-state index is -0.310. The van der Waals surface area contributed by atoms with Gasteiger partial charge in [-0.3, -0.25) is 4.90 Å². The fraction of sp³-hybridized carbons (Fsp3) is 1.00. The Balaban J connectivity index is 2.46. The average molecular weight is 201 g/mol. The van der Waals surface area contributed by atoms with Gasteiger partial charge in [0.1, 0.15) is 0 Å². The zero-order chi connectivity index (χ0) is 10.9. The number of aliphatic hydroxyl groups excluding tert-OH is 2. The van der Waals surface area contributed by atoms with Crippen molar-refractivity contribution >= 4 is 0 Å². The van der Waals surface area contributed by atoms with Crippen LogP contribution in [0.1, 0.15) is 27.7 Å². The lowest BCUT2D eigenvalue weighted by atomic mass is 9.87. The van der Waals surface area contributed by atoms with E-state index in [1.807, 2.05) is 6.92 Å². The molecule has 0 radical (unpaired) electrons. The zero-order valence-corrected chi connectivity index (χ0v) is 9.70. The minimum absolute atomic E-state index is 0.0935. The van der Waals surface area contributed by atoms with Gasteiger partial charge in [0.25, 0.3) is 0 Å². The van der Waals surface area contributed by atoms with Crippen molar-refractivity contribution in [2.75, 3.05) is 19.6 Å². The van der Waals surface area contributed by atoms with Gasteiger partial charge in [0.2, 0.25) is 0 Å². The molecule has 3 unspecified atom stereocenters. The van der Waals surface area contributed by atoms with Gasteiger partial charge in [-0.25, -0.2) is 0 Å². The summed E-state index contributed by atoms with van der Waals surface area (Å²) in [5.41, 5.74) is -0.0935. The van der Waals surface area contributed by atoms with Crippen molar-refractivity contribution in [2.45, 2.75) is 39.9 Å². The monoisotopic (exact) mass is 201 g/mol. The fourth-order valence-corrected chi connectivity index (χ4v) is 1.89. The average Bonchev–Trinajstić information content (AvgIpc) is 2.29. The van der Waals surface area contributed by atoms with Crippen LogP contribution in [0, 0.1) is 11.3 Å². The van der Waals surface area contributed by atoms with E-state index in [2.05, 4.69) is 25.7 Å². The summed E-state index contributed by atoms with van der Waals surface area (Å²) in [5.74, 6) is 0.361. The Morgan fingerprint density at radius 3 is 2.36 bits per heavy atom. The van der Waals surface area contributed by atoms with Crippen LogP contribution >= 0.6 is 0 Å². The van der Waals surface area contributed by atoms with Gasteiger partial charge < -0.3 is 10.2 Å². The predicted octanol–water partition coefficient (Wildman–Crippen LogP) is 0.706. The van der Waals surface area contributed by atoms with Crippen LogP contribution in [-0.4, -0.2) is 47.0 Å². The van der Waals surface area contributed by atoms with E-state index >= 15 is 0 Å². The SMILES string of the molecule is CC1CN(CC(C)(C)C(C)O)CC1O. The van der Waals surface area contributed by atoms with Crippen molar-refractivity contribution in [1.29, 1.82) is 0 Å². The molecule has 1 fully saturated rings. The Labute approximate surface area is 86.7 Å². The van der Waals surface area contributed by atoms with Crippen LogP contribution in [-0.2, 0) is 0 Å². The van der Waals surface area contributed by atoms with E-state index in [0.717, 1.165) is 19.6 Å². The Morgan fingerprint density at radius 2 is 2.00 bits per heavy atom. The number of aliphatic hydroxyl groups is 2. The summed E-state index contributed by atoms with van der Waals surface area (Å²) in [6, 6.07) is 0. The zero-order valence-electron chi connectivity index (χ0n) is 9.70. The molecule has 0 amide bonds. The molecule has 0 aromatic carbocycles. The van der Waals surface area contributed by atoms with Gasteiger partial charge in [0.15, 0.2) is 0 Å². The maximum Gasteiger partial charge on any atom is 0.0704 e. The molecule has 0 spiro atoms. The molecule has 1 aliphatic heterocycles. The van der Waals surface area contributed by atoms with Gasteiger partial charge >= 0.3 is 0 Å². The Bertz CT molecular complexity index is 182. The smallest absolute Gasteiger partial charge is 0.0704 e. The van der Waals surface area contributed by atoms with E-state index in [9.17, 15) is 10.2 Å². The lowest BCUT2D eigenvalue weighted by Gasteiger charge is -2.32. The number of hydrogen-bond acceptors (Lipinski definition) is 3. The quantitative estimate of drug-likeness (QED) is 0.706. The first-order chi connectivity index (χ1) is 6.33. The van der Waals surface area contributed by atoms with E-state index < -0.39 is 0 Å². The number of likely N-dealkylation sites (tertiary alicyclic amines) is 1. The normalized spacial score (nSPS) is 32.1. The first-order valence-electron chi connectivity index (χ1n) is 5.41. The lowest BCUT2D eigenvalue weighted by molar-refractivity contribution is 0.0371. The maximum absolute atomic E-state index is 9.60. The molecular weight excluding hydrogens is 178 g/mol. The van der Waals surface area contributed by atoms with E-state index in [1.165, 1.54) is 0 Å². The molecule has 2 N–H and O–H groups in total.